The molecule has 21 heavy (non-hydrogen) atoms. The van der Waals surface area contributed by atoms with Gasteiger partial charge in [0, 0.05) is 31.2 Å². The van der Waals surface area contributed by atoms with Gasteiger partial charge in [0.25, 0.3) is 0 Å². The zero-order valence-corrected chi connectivity index (χ0v) is 14.6. The molecule has 0 aromatic heterocycles. The van der Waals surface area contributed by atoms with Gasteiger partial charge in [0.15, 0.2) is 0 Å². The second-order valence-electron chi connectivity index (χ2n) is 8.40. The fraction of sp³-hybridized carbons (Fsp3) is 1.00. The van der Waals surface area contributed by atoms with Gasteiger partial charge >= 0.3 is 0 Å². The van der Waals surface area contributed by atoms with Crippen LogP contribution < -0.4 is 0 Å². The number of hydrogen-bond acceptors (Lipinski definition) is 3. The van der Waals surface area contributed by atoms with E-state index in [4.69, 9.17) is 0 Å². The molecular formula is C18H35N3. The first kappa shape index (κ1) is 15.8. The van der Waals surface area contributed by atoms with Crippen molar-refractivity contribution < 1.29 is 0 Å². The fourth-order valence-corrected chi connectivity index (χ4v) is 4.67. The first-order valence-corrected chi connectivity index (χ1v) is 9.21. The van der Waals surface area contributed by atoms with Crippen molar-refractivity contribution in [3.63, 3.8) is 0 Å². The Morgan fingerprint density at radius 2 is 1.24 bits per heavy atom. The summed E-state index contributed by atoms with van der Waals surface area (Å²) in [6.45, 7) is 17.4. The summed E-state index contributed by atoms with van der Waals surface area (Å²) in [6, 6.07) is 2.35. The smallest absolute Gasteiger partial charge is 0.0120 e. The Hall–Kier alpha value is -0.120. The van der Waals surface area contributed by atoms with Gasteiger partial charge in [-0.2, -0.15) is 0 Å². The molecule has 0 bridgehead atoms. The van der Waals surface area contributed by atoms with Gasteiger partial charge in [0.2, 0.25) is 0 Å². The minimum Gasteiger partial charge on any atom is -0.301 e. The summed E-state index contributed by atoms with van der Waals surface area (Å²) in [5.74, 6) is 0. The average molecular weight is 293 g/mol. The van der Waals surface area contributed by atoms with Crippen LogP contribution in [0, 0.1) is 5.41 Å². The normalized spacial score (nSPS) is 29.4. The summed E-state index contributed by atoms with van der Waals surface area (Å²) in [4.78, 5) is 8.12. The minimum absolute atomic E-state index is 0.695. The standard InChI is InChI=1S/C18H35N3/c1-15(2)19-9-5-17(6-10-19)21-13-18(14-21)7-11-20(12-8-18)16(3)4/h15-17H,5-14H2,1-4H3. The SMILES string of the molecule is CC(C)N1CCC(N2CC3(CCN(C(C)C)CC3)C2)CC1. The molecule has 3 nitrogen and oxygen atoms in total. The molecule has 0 atom stereocenters. The Labute approximate surface area is 131 Å². The van der Waals surface area contributed by atoms with Crippen molar-refractivity contribution in [2.45, 2.75) is 71.5 Å². The zero-order valence-electron chi connectivity index (χ0n) is 14.6. The zero-order chi connectivity index (χ0) is 15.0. The number of piperidine rings is 2. The van der Waals surface area contributed by atoms with Crippen molar-refractivity contribution in [3.05, 3.63) is 0 Å². The topological polar surface area (TPSA) is 9.72 Å². The number of nitrogens with zero attached hydrogens (tertiary/aromatic N) is 3. The highest BCUT2D eigenvalue weighted by Crippen LogP contribution is 2.42. The summed E-state index contributed by atoms with van der Waals surface area (Å²) in [5, 5.41) is 0. The van der Waals surface area contributed by atoms with Crippen LogP contribution in [0.4, 0.5) is 0 Å². The molecule has 3 saturated heterocycles. The van der Waals surface area contributed by atoms with Crippen LogP contribution in [-0.4, -0.2) is 72.1 Å². The quantitative estimate of drug-likeness (QED) is 0.792. The highest BCUT2D eigenvalue weighted by atomic mass is 15.3. The van der Waals surface area contributed by atoms with Crippen molar-refractivity contribution in [2.24, 2.45) is 5.41 Å². The molecule has 0 amide bonds. The van der Waals surface area contributed by atoms with Crippen molar-refractivity contribution in [1.82, 2.24) is 14.7 Å². The van der Waals surface area contributed by atoms with Gasteiger partial charge in [-0.1, -0.05) is 0 Å². The second kappa shape index (κ2) is 6.17. The Morgan fingerprint density at radius 3 is 1.71 bits per heavy atom. The van der Waals surface area contributed by atoms with Gasteiger partial charge in [-0.3, -0.25) is 4.90 Å². The maximum absolute atomic E-state index is 2.81. The molecule has 122 valence electrons. The predicted octanol–water partition coefficient (Wildman–Crippen LogP) is 2.67. The molecular weight excluding hydrogens is 258 g/mol. The van der Waals surface area contributed by atoms with Gasteiger partial charge in [0.1, 0.15) is 0 Å². The van der Waals surface area contributed by atoms with Crippen LogP contribution in [0.5, 0.6) is 0 Å². The molecule has 3 rings (SSSR count). The van der Waals surface area contributed by atoms with Gasteiger partial charge in [-0.15, -0.1) is 0 Å². The molecule has 3 heterocycles. The first-order valence-electron chi connectivity index (χ1n) is 9.21. The van der Waals surface area contributed by atoms with E-state index >= 15 is 0 Å². The predicted molar refractivity (Wildman–Crippen MR) is 89.7 cm³/mol. The lowest BCUT2D eigenvalue weighted by atomic mass is 9.70. The van der Waals surface area contributed by atoms with E-state index in [1.54, 1.807) is 0 Å². The van der Waals surface area contributed by atoms with Crippen LogP contribution in [0.3, 0.4) is 0 Å². The number of hydrogen-bond donors (Lipinski definition) is 0. The summed E-state index contributed by atoms with van der Waals surface area (Å²) in [6.07, 6.45) is 5.66. The highest BCUT2D eigenvalue weighted by Gasteiger charge is 2.47. The van der Waals surface area contributed by atoms with Gasteiger partial charge in [-0.25, -0.2) is 0 Å². The maximum atomic E-state index is 2.81. The van der Waals surface area contributed by atoms with E-state index in [9.17, 15) is 0 Å². The monoisotopic (exact) mass is 293 g/mol. The highest BCUT2D eigenvalue weighted by molar-refractivity contribution is 5.01. The molecule has 0 aliphatic carbocycles. The van der Waals surface area contributed by atoms with Crippen molar-refractivity contribution in [1.29, 1.82) is 0 Å². The number of likely N-dealkylation sites (tertiary alicyclic amines) is 3. The molecule has 0 N–H and O–H groups in total. The van der Waals surface area contributed by atoms with E-state index in [-0.39, 0.29) is 0 Å². The first-order chi connectivity index (χ1) is 9.99. The van der Waals surface area contributed by atoms with Crippen molar-refractivity contribution in [2.75, 3.05) is 39.3 Å². The van der Waals surface area contributed by atoms with Crippen molar-refractivity contribution in [3.8, 4) is 0 Å². The van der Waals surface area contributed by atoms with Crippen LogP contribution >= 0.6 is 0 Å². The minimum atomic E-state index is 0.695. The lowest BCUT2D eigenvalue weighted by molar-refractivity contribution is -0.0843. The largest absolute Gasteiger partial charge is 0.301 e. The molecule has 0 aromatic carbocycles. The Bertz CT molecular complexity index is 328. The maximum Gasteiger partial charge on any atom is 0.0120 e. The van der Waals surface area contributed by atoms with Crippen LogP contribution in [0.15, 0.2) is 0 Å². The molecule has 0 aromatic rings. The summed E-state index contributed by atoms with van der Waals surface area (Å²) < 4.78 is 0. The Kier molecular flexibility index (Phi) is 4.63. The van der Waals surface area contributed by atoms with Crippen molar-refractivity contribution >= 4 is 0 Å². The van der Waals surface area contributed by atoms with Crippen LogP contribution in [0.2, 0.25) is 0 Å². The molecule has 0 radical (unpaired) electrons. The Balaban J connectivity index is 1.42. The van der Waals surface area contributed by atoms with E-state index in [2.05, 4.69) is 42.4 Å². The van der Waals surface area contributed by atoms with Crippen LogP contribution in [-0.2, 0) is 0 Å². The van der Waals surface area contributed by atoms with E-state index in [1.807, 2.05) is 0 Å². The third-order valence-corrected chi connectivity index (χ3v) is 6.41. The van der Waals surface area contributed by atoms with Crippen LogP contribution in [0.1, 0.15) is 53.4 Å². The third-order valence-electron chi connectivity index (χ3n) is 6.41. The summed E-state index contributed by atoms with van der Waals surface area (Å²) in [5.41, 5.74) is 0.695. The van der Waals surface area contributed by atoms with Crippen LogP contribution in [0.25, 0.3) is 0 Å². The molecule has 3 aliphatic rings. The fourth-order valence-electron chi connectivity index (χ4n) is 4.67. The lowest BCUT2D eigenvalue weighted by Crippen LogP contribution is -2.64. The van der Waals surface area contributed by atoms with E-state index in [0.717, 1.165) is 18.1 Å². The molecule has 3 fully saturated rings. The van der Waals surface area contributed by atoms with Gasteiger partial charge in [0.05, 0.1) is 0 Å². The lowest BCUT2D eigenvalue weighted by Gasteiger charge is -2.58. The molecule has 3 heteroatoms. The van der Waals surface area contributed by atoms with E-state index < -0.39 is 0 Å². The number of rotatable bonds is 3. The second-order valence-corrected chi connectivity index (χ2v) is 8.40. The van der Waals surface area contributed by atoms with E-state index in [0.29, 0.717) is 5.41 Å². The molecule has 0 unspecified atom stereocenters. The molecule has 1 spiro atoms. The summed E-state index contributed by atoms with van der Waals surface area (Å²) >= 11 is 0. The average Bonchev–Trinajstić information content (AvgIpc) is 2.45. The van der Waals surface area contributed by atoms with Gasteiger partial charge < -0.3 is 9.80 Å². The summed E-state index contributed by atoms with van der Waals surface area (Å²) in [7, 11) is 0. The molecule has 0 saturated carbocycles. The Morgan fingerprint density at radius 1 is 0.762 bits per heavy atom. The molecule has 3 aliphatic heterocycles. The third kappa shape index (κ3) is 3.30. The van der Waals surface area contributed by atoms with E-state index in [1.165, 1.54) is 65.0 Å². The van der Waals surface area contributed by atoms with Gasteiger partial charge in [-0.05, 0) is 85.0 Å².